The molecule has 0 aromatic heterocycles. The van der Waals surface area contributed by atoms with Crippen LogP contribution in [0.3, 0.4) is 0 Å². The largest absolute Gasteiger partial charge is 0.301 e. The lowest BCUT2D eigenvalue weighted by Gasteiger charge is -2.19. The van der Waals surface area contributed by atoms with Crippen LogP contribution < -0.4 is 5.73 Å². The quantitative estimate of drug-likeness (QED) is 0.835. The van der Waals surface area contributed by atoms with E-state index in [0.29, 0.717) is 13.1 Å². The lowest BCUT2D eigenvalue weighted by Crippen LogP contribution is -2.30. The van der Waals surface area contributed by atoms with Crippen LogP contribution in [0.25, 0.3) is 0 Å². The molecular formula is C10H14ClN2O2S. The minimum absolute atomic E-state index is 0.00497. The maximum atomic E-state index is 12.1. The van der Waals surface area contributed by atoms with Gasteiger partial charge in [0.15, 0.2) is 0 Å². The third-order valence-electron chi connectivity index (χ3n) is 2.25. The van der Waals surface area contributed by atoms with Crippen LogP contribution in [0, 0.1) is 0 Å². The number of hydrogen-bond donors (Lipinski definition) is 0. The predicted molar refractivity (Wildman–Crippen MR) is 64.3 cm³/mol. The van der Waals surface area contributed by atoms with Crippen molar-refractivity contribution in [2.24, 2.45) is 0 Å². The molecule has 0 aliphatic rings. The second-order valence-corrected chi connectivity index (χ2v) is 5.55. The molecule has 89 valence electrons. The number of halogens is 1. The molecule has 4 nitrogen and oxygen atoms in total. The van der Waals surface area contributed by atoms with E-state index in [2.05, 4.69) is 0 Å². The molecule has 0 heterocycles. The first-order valence-electron chi connectivity index (χ1n) is 4.94. The molecule has 1 N–H and O–H groups in total. The highest BCUT2D eigenvalue weighted by atomic mass is 35.5. The minimum Gasteiger partial charge on any atom is -0.301 e. The first-order chi connectivity index (χ1) is 7.43. The van der Waals surface area contributed by atoms with Gasteiger partial charge in [-0.2, -0.15) is 4.31 Å². The maximum absolute atomic E-state index is 12.1. The zero-order chi connectivity index (χ0) is 12.3. The topological polar surface area (TPSA) is 61.2 Å². The molecule has 1 aromatic rings. The van der Waals surface area contributed by atoms with Gasteiger partial charge in [0.1, 0.15) is 4.90 Å². The van der Waals surface area contributed by atoms with Crippen molar-refractivity contribution in [1.29, 1.82) is 0 Å². The first-order valence-corrected chi connectivity index (χ1v) is 6.76. The van der Waals surface area contributed by atoms with Crippen LogP contribution in [-0.4, -0.2) is 25.8 Å². The van der Waals surface area contributed by atoms with E-state index < -0.39 is 10.0 Å². The standard InChI is InChI=1S/C10H14ClN2O2S/c1-3-13(4-2)16(14,15)10-7-8(12)5-6-9(10)11/h5-7,12H,3-4H2,1-2H3. The van der Waals surface area contributed by atoms with Crippen molar-refractivity contribution in [3.8, 4) is 0 Å². The van der Waals surface area contributed by atoms with E-state index in [-0.39, 0.29) is 15.6 Å². The molecule has 6 heteroatoms. The molecule has 0 atom stereocenters. The number of sulfonamides is 1. The second kappa shape index (κ2) is 5.03. The van der Waals surface area contributed by atoms with Crippen LogP contribution in [0.5, 0.6) is 0 Å². The van der Waals surface area contributed by atoms with Gasteiger partial charge in [0.25, 0.3) is 0 Å². The molecule has 0 bridgehead atoms. The summed E-state index contributed by atoms with van der Waals surface area (Å²) in [4.78, 5) is 0.00497. The van der Waals surface area contributed by atoms with Crippen molar-refractivity contribution >= 4 is 27.3 Å². The predicted octanol–water partition coefficient (Wildman–Crippen LogP) is 2.28. The molecule has 0 spiro atoms. The molecule has 1 aromatic carbocycles. The molecule has 0 aliphatic heterocycles. The van der Waals surface area contributed by atoms with Gasteiger partial charge in [-0.1, -0.05) is 25.4 Å². The highest BCUT2D eigenvalue weighted by Gasteiger charge is 2.24. The third kappa shape index (κ3) is 2.48. The second-order valence-electron chi connectivity index (χ2n) is 3.23. The van der Waals surface area contributed by atoms with Crippen molar-refractivity contribution < 1.29 is 8.42 Å². The van der Waals surface area contributed by atoms with E-state index in [9.17, 15) is 8.42 Å². The fourth-order valence-electron chi connectivity index (χ4n) is 1.40. The summed E-state index contributed by atoms with van der Waals surface area (Å²) in [5.74, 6) is 0. The molecule has 0 fully saturated rings. The Hall–Kier alpha value is -0.780. The number of benzene rings is 1. The molecule has 0 saturated heterocycles. The average Bonchev–Trinajstić information content (AvgIpc) is 2.23. The molecule has 1 radical (unpaired) electrons. The number of nitrogens with zero attached hydrogens (tertiary/aromatic N) is 1. The van der Waals surface area contributed by atoms with Gasteiger partial charge in [0.05, 0.1) is 10.7 Å². The van der Waals surface area contributed by atoms with Gasteiger partial charge in [-0.25, -0.2) is 8.42 Å². The molecule has 1 rings (SSSR count). The van der Waals surface area contributed by atoms with E-state index in [1.54, 1.807) is 13.8 Å². The van der Waals surface area contributed by atoms with E-state index >= 15 is 0 Å². The Balaban J connectivity index is 3.31. The zero-order valence-corrected chi connectivity index (χ0v) is 10.8. The van der Waals surface area contributed by atoms with Crippen molar-refractivity contribution in [3.63, 3.8) is 0 Å². The maximum Gasteiger partial charge on any atom is 0.244 e. The van der Waals surface area contributed by atoms with Crippen molar-refractivity contribution in [1.82, 2.24) is 10.0 Å². The van der Waals surface area contributed by atoms with Crippen molar-refractivity contribution in [2.45, 2.75) is 18.7 Å². The number of nitrogens with one attached hydrogen (secondary N) is 1. The third-order valence-corrected chi connectivity index (χ3v) is 4.79. The Morgan fingerprint density at radius 2 is 1.88 bits per heavy atom. The Morgan fingerprint density at radius 3 is 2.38 bits per heavy atom. The van der Waals surface area contributed by atoms with Crippen LogP contribution in [-0.2, 0) is 10.0 Å². The van der Waals surface area contributed by atoms with E-state index in [0.717, 1.165) is 0 Å². The van der Waals surface area contributed by atoms with Crippen LogP contribution in [0.15, 0.2) is 23.1 Å². The Kier molecular flexibility index (Phi) is 4.18. The van der Waals surface area contributed by atoms with E-state index in [1.165, 1.54) is 22.5 Å². The normalized spacial score (nSPS) is 12.0. The Morgan fingerprint density at radius 1 is 1.31 bits per heavy atom. The Bertz CT molecular complexity index is 470. The number of hydrogen-bond acceptors (Lipinski definition) is 2. The zero-order valence-electron chi connectivity index (χ0n) is 9.20. The summed E-state index contributed by atoms with van der Waals surface area (Å²) in [6.45, 7) is 4.30. The summed E-state index contributed by atoms with van der Waals surface area (Å²) in [6, 6.07) is 4.17. The van der Waals surface area contributed by atoms with E-state index in [4.69, 9.17) is 17.3 Å². The summed E-state index contributed by atoms with van der Waals surface area (Å²) in [6.07, 6.45) is 0. The highest BCUT2D eigenvalue weighted by molar-refractivity contribution is 7.89. The van der Waals surface area contributed by atoms with Crippen LogP contribution in [0.2, 0.25) is 5.02 Å². The molecular weight excluding hydrogens is 248 g/mol. The smallest absolute Gasteiger partial charge is 0.244 e. The van der Waals surface area contributed by atoms with Crippen LogP contribution in [0.4, 0.5) is 5.69 Å². The lowest BCUT2D eigenvalue weighted by molar-refractivity contribution is 0.445. The van der Waals surface area contributed by atoms with E-state index in [1.807, 2.05) is 0 Å². The van der Waals surface area contributed by atoms with Gasteiger partial charge in [0, 0.05) is 13.1 Å². The van der Waals surface area contributed by atoms with Gasteiger partial charge < -0.3 is 5.73 Å². The fraction of sp³-hybridized carbons (Fsp3) is 0.400. The monoisotopic (exact) mass is 261 g/mol. The average molecular weight is 262 g/mol. The minimum atomic E-state index is -3.57. The summed E-state index contributed by atoms with van der Waals surface area (Å²) >= 11 is 5.85. The van der Waals surface area contributed by atoms with Gasteiger partial charge in [-0.05, 0) is 18.2 Å². The van der Waals surface area contributed by atoms with Crippen molar-refractivity contribution in [2.75, 3.05) is 13.1 Å². The summed E-state index contributed by atoms with van der Waals surface area (Å²) < 4.78 is 25.6. The van der Waals surface area contributed by atoms with Crippen LogP contribution in [0.1, 0.15) is 13.8 Å². The molecule has 0 unspecified atom stereocenters. The first kappa shape index (κ1) is 13.3. The molecule has 0 saturated carbocycles. The summed E-state index contributed by atoms with van der Waals surface area (Å²) in [5.41, 5.74) is 7.56. The van der Waals surface area contributed by atoms with Gasteiger partial charge in [-0.15, -0.1) is 0 Å². The Labute approximate surface area is 101 Å². The highest BCUT2D eigenvalue weighted by Crippen LogP contribution is 2.26. The summed E-state index contributed by atoms with van der Waals surface area (Å²) in [7, 11) is -3.57. The fourth-order valence-corrected chi connectivity index (χ4v) is 3.36. The van der Waals surface area contributed by atoms with Gasteiger partial charge in [0.2, 0.25) is 10.0 Å². The van der Waals surface area contributed by atoms with Gasteiger partial charge >= 0.3 is 0 Å². The molecule has 16 heavy (non-hydrogen) atoms. The SMILES string of the molecule is CCN(CC)S(=O)(=O)c1cc([NH])ccc1Cl. The number of rotatable bonds is 4. The van der Waals surface area contributed by atoms with Gasteiger partial charge in [-0.3, -0.25) is 0 Å². The molecule has 0 aliphatic carbocycles. The summed E-state index contributed by atoms with van der Waals surface area (Å²) in [5, 5.41) is 0.155. The lowest BCUT2D eigenvalue weighted by atomic mass is 10.3. The van der Waals surface area contributed by atoms with Crippen molar-refractivity contribution in [3.05, 3.63) is 23.2 Å². The molecule has 0 amide bonds. The van der Waals surface area contributed by atoms with Crippen LogP contribution >= 0.6 is 11.6 Å².